The number of benzene rings is 1. The monoisotopic (exact) mass is 468 g/mol. The van der Waals surface area contributed by atoms with E-state index in [-0.39, 0.29) is 49.6 Å². The highest BCUT2D eigenvalue weighted by molar-refractivity contribution is 7.89. The van der Waals surface area contributed by atoms with Gasteiger partial charge in [0.2, 0.25) is 5.03 Å². The third kappa shape index (κ3) is 4.02. The Hall–Kier alpha value is -2.44. The van der Waals surface area contributed by atoms with Gasteiger partial charge in [0.1, 0.15) is 5.54 Å². The molecule has 1 aliphatic carbocycles. The number of nitrogens with zero attached hydrogens (tertiary/aromatic N) is 5. The van der Waals surface area contributed by atoms with Crippen LogP contribution in [0.3, 0.4) is 0 Å². The van der Waals surface area contributed by atoms with Gasteiger partial charge in [-0.2, -0.15) is 13.1 Å². The van der Waals surface area contributed by atoms with Crippen molar-refractivity contribution in [3.8, 4) is 0 Å². The van der Waals surface area contributed by atoms with Crippen LogP contribution in [0.1, 0.15) is 36.0 Å². The van der Waals surface area contributed by atoms with Gasteiger partial charge in [-0.25, -0.2) is 8.42 Å². The quantitative estimate of drug-likeness (QED) is 0.645. The van der Waals surface area contributed by atoms with Crippen molar-refractivity contribution in [3.63, 3.8) is 0 Å². The van der Waals surface area contributed by atoms with Crippen molar-refractivity contribution in [1.82, 2.24) is 29.5 Å². The Bertz CT molecular complexity index is 1060. The van der Waals surface area contributed by atoms with Gasteiger partial charge in [-0.15, -0.1) is 5.10 Å². The van der Waals surface area contributed by atoms with Crippen LogP contribution in [0.25, 0.3) is 0 Å². The van der Waals surface area contributed by atoms with Gasteiger partial charge < -0.3 is 0 Å². The topological polar surface area (TPSA) is 100 Å². The maximum absolute atomic E-state index is 15.6. The van der Waals surface area contributed by atoms with E-state index in [9.17, 15) is 13.2 Å². The highest BCUT2D eigenvalue weighted by atomic mass is 32.2. The second-order valence-electron chi connectivity index (χ2n) is 8.25. The molecule has 9 nitrogen and oxygen atoms in total. The lowest BCUT2D eigenvalue weighted by molar-refractivity contribution is -0.162. The van der Waals surface area contributed by atoms with Crippen molar-refractivity contribution in [1.29, 1.82) is 0 Å². The second-order valence-corrected chi connectivity index (χ2v) is 10.1. The van der Waals surface area contributed by atoms with E-state index in [1.54, 1.807) is 30.1 Å². The van der Waals surface area contributed by atoms with Crippen LogP contribution in [-0.4, -0.2) is 76.3 Å². The first-order valence-corrected chi connectivity index (χ1v) is 12.0. The van der Waals surface area contributed by atoms with Crippen LogP contribution in [0.5, 0.6) is 0 Å². The standard InChI is InChI=1S/C20H26F2N6O3S/c1-26-15-17(24-25-26)32(30,31)28-13-11-27(12-14-28)19(9-5-6-10-19)20(21,22)23-18(29)16-7-3-2-4-8-16/h2-4,7-8,15H,5-6,9-14H2,1H3,(H,23,29). The molecule has 12 heteroatoms. The number of amides is 1. The van der Waals surface area contributed by atoms with Crippen LogP contribution in [0.2, 0.25) is 0 Å². The fourth-order valence-corrected chi connectivity index (χ4v) is 5.98. The minimum atomic E-state index is -3.84. The Morgan fingerprint density at radius 2 is 1.72 bits per heavy atom. The van der Waals surface area contributed by atoms with Crippen molar-refractivity contribution in [2.75, 3.05) is 26.2 Å². The molecule has 1 saturated heterocycles. The first kappa shape index (κ1) is 22.7. The molecule has 1 saturated carbocycles. The van der Waals surface area contributed by atoms with Gasteiger partial charge in [0, 0.05) is 38.8 Å². The molecule has 2 aromatic rings. The van der Waals surface area contributed by atoms with Gasteiger partial charge in [-0.1, -0.05) is 36.3 Å². The second kappa shape index (κ2) is 8.49. The molecule has 2 fully saturated rings. The summed E-state index contributed by atoms with van der Waals surface area (Å²) in [5.41, 5.74) is -1.37. The van der Waals surface area contributed by atoms with Crippen LogP contribution in [0.4, 0.5) is 8.78 Å². The van der Waals surface area contributed by atoms with Gasteiger partial charge in [0.15, 0.2) is 0 Å². The summed E-state index contributed by atoms with van der Waals surface area (Å²) in [4.78, 5) is 14.1. The zero-order valence-corrected chi connectivity index (χ0v) is 18.6. The van der Waals surface area contributed by atoms with Crippen molar-refractivity contribution in [2.24, 2.45) is 7.05 Å². The number of piperazine rings is 1. The van der Waals surface area contributed by atoms with E-state index < -0.39 is 27.5 Å². The Balaban J connectivity index is 1.50. The molecule has 0 atom stereocenters. The van der Waals surface area contributed by atoms with Crippen LogP contribution in [0.15, 0.2) is 41.6 Å². The molecule has 0 unspecified atom stereocenters. The number of aryl methyl sites for hydroxylation is 1. The van der Waals surface area contributed by atoms with Crippen LogP contribution in [0, 0.1) is 0 Å². The Morgan fingerprint density at radius 1 is 1.09 bits per heavy atom. The van der Waals surface area contributed by atoms with E-state index in [4.69, 9.17) is 0 Å². The Morgan fingerprint density at radius 3 is 2.28 bits per heavy atom. The normalized spacial score (nSPS) is 20.3. The summed E-state index contributed by atoms with van der Waals surface area (Å²) in [5.74, 6) is -0.828. The van der Waals surface area contributed by atoms with E-state index in [0.717, 1.165) is 0 Å². The number of nitrogens with one attached hydrogen (secondary N) is 1. The average Bonchev–Trinajstić information content (AvgIpc) is 3.45. The lowest BCUT2D eigenvalue weighted by atomic mass is 9.90. The van der Waals surface area contributed by atoms with E-state index in [1.807, 2.05) is 5.32 Å². The summed E-state index contributed by atoms with van der Waals surface area (Å²) >= 11 is 0. The zero-order chi connectivity index (χ0) is 23.0. The highest BCUT2D eigenvalue weighted by Crippen LogP contribution is 2.45. The fourth-order valence-electron chi connectivity index (χ4n) is 4.64. The summed E-state index contributed by atoms with van der Waals surface area (Å²) in [6, 6.07) is 4.46. The number of aromatic nitrogens is 3. The van der Waals surface area contributed by atoms with E-state index in [0.29, 0.717) is 12.8 Å². The van der Waals surface area contributed by atoms with E-state index in [1.165, 1.54) is 27.3 Å². The summed E-state index contributed by atoms with van der Waals surface area (Å²) in [6.45, 7) is 0.388. The first-order valence-electron chi connectivity index (χ1n) is 10.5. The molecule has 1 N–H and O–H groups in total. The van der Waals surface area contributed by atoms with Crippen LogP contribution in [-0.2, 0) is 17.1 Å². The average molecular weight is 469 g/mol. The molecule has 1 amide bonds. The molecular formula is C20H26F2N6O3S. The summed E-state index contributed by atoms with van der Waals surface area (Å²) in [7, 11) is -2.27. The largest absolute Gasteiger partial charge is 0.343 e. The van der Waals surface area contributed by atoms with Crippen molar-refractivity contribution < 1.29 is 22.0 Å². The van der Waals surface area contributed by atoms with Crippen molar-refractivity contribution >= 4 is 15.9 Å². The summed E-state index contributed by atoms with van der Waals surface area (Å²) in [5, 5.41) is 9.13. The molecule has 0 radical (unpaired) electrons. The lowest BCUT2D eigenvalue weighted by Gasteiger charge is -2.48. The maximum Gasteiger partial charge on any atom is 0.343 e. The lowest BCUT2D eigenvalue weighted by Crippen LogP contribution is -2.68. The van der Waals surface area contributed by atoms with E-state index >= 15 is 8.78 Å². The Kier molecular flexibility index (Phi) is 6.03. The third-order valence-electron chi connectivity index (χ3n) is 6.35. The number of carbonyl (C=O) groups is 1. The van der Waals surface area contributed by atoms with Crippen LogP contribution < -0.4 is 5.32 Å². The number of halogens is 2. The van der Waals surface area contributed by atoms with Gasteiger partial charge in [0.05, 0.1) is 6.20 Å². The minimum absolute atomic E-state index is 0.0589. The zero-order valence-electron chi connectivity index (χ0n) is 17.7. The molecule has 1 aromatic carbocycles. The molecule has 2 heterocycles. The smallest absolute Gasteiger partial charge is 0.292 e. The fraction of sp³-hybridized carbons (Fsp3) is 0.550. The van der Waals surface area contributed by atoms with E-state index in [2.05, 4.69) is 10.3 Å². The van der Waals surface area contributed by atoms with Gasteiger partial charge in [0.25, 0.3) is 15.9 Å². The Labute approximate surface area is 185 Å². The molecule has 0 spiro atoms. The van der Waals surface area contributed by atoms with Crippen LogP contribution >= 0.6 is 0 Å². The SMILES string of the molecule is Cn1cc(S(=O)(=O)N2CCN(C3(C(F)(F)NC(=O)c4ccccc4)CCCC3)CC2)nn1. The predicted octanol–water partition coefficient (Wildman–Crippen LogP) is 1.46. The number of sulfonamides is 1. The molecule has 1 aromatic heterocycles. The van der Waals surface area contributed by atoms with Gasteiger partial charge >= 0.3 is 6.05 Å². The molecule has 2 aliphatic rings. The highest BCUT2D eigenvalue weighted by Gasteiger charge is 2.59. The molecule has 1 aliphatic heterocycles. The third-order valence-corrected chi connectivity index (χ3v) is 8.11. The molecule has 4 rings (SSSR count). The van der Waals surface area contributed by atoms with Crippen molar-refractivity contribution in [3.05, 3.63) is 42.1 Å². The number of alkyl halides is 2. The number of hydrogen-bond donors (Lipinski definition) is 1. The van der Waals surface area contributed by atoms with Gasteiger partial charge in [-0.3, -0.25) is 19.7 Å². The summed E-state index contributed by atoms with van der Waals surface area (Å²) in [6.07, 6.45) is 3.01. The molecule has 0 bridgehead atoms. The predicted molar refractivity (Wildman–Crippen MR) is 111 cm³/mol. The molecular weight excluding hydrogens is 442 g/mol. The first-order chi connectivity index (χ1) is 15.2. The molecule has 174 valence electrons. The number of carbonyl (C=O) groups excluding carboxylic acids is 1. The summed E-state index contributed by atoms with van der Waals surface area (Å²) < 4.78 is 59.3. The van der Waals surface area contributed by atoms with Gasteiger partial charge in [-0.05, 0) is 25.0 Å². The maximum atomic E-state index is 15.6. The molecule has 32 heavy (non-hydrogen) atoms. The van der Waals surface area contributed by atoms with Crippen molar-refractivity contribution in [2.45, 2.75) is 42.3 Å². The number of hydrogen-bond acceptors (Lipinski definition) is 6. The minimum Gasteiger partial charge on any atom is -0.292 e. The number of rotatable bonds is 6.